The first-order valence-corrected chi connectivity index (χ1v) is 12.0. The highest BCUT2D eigenvalue weighted by Crippen LogP contribution is 2.27. The number of hydrogen-bond donors (Lipinski definition) is 1. The molecule has 0 radical (unpaired) electrons. The predicted molar refractivity (Wildman–Crippen MR) is 117 cm³/mol. The Balaban J connectivity index is 1.84. The molecule has 0 aliphatic carbocycles. The van der Waals surface area contributed by atoms with Gasteiger partial charge in [0.25, 0.3) is 0 Å². The number of sulfonamides is 1. The number of thioether (sulfide) groups is 1. The van der Waals surface area contributed by atoms with E-state index in [0.717, 1.165) is 18.5 Å². The van der Waals surface area contributed by atoms with Crippen molar-refractivity contribution < 1.29 is 13.2 Å². The minimum atomic E-state index is -3.79. The first-order chi connectivity index (χ1) is 13.7. The van der Waals surface area contributed by atoms with Gasteiger partial charge in [-0.05, 0) is 36.1 Å². The van der Waals surface area contributed by atoms with E-state index in [1.54, 1.807) is 6.07 Å². The Bertz CT molecular complexity index is 1130. The SMILES string of the molecule is CCCn1c(SCC(=O)c2ccc(C(C)C)cc2)nc2cc(S(N)(=O)=O)ccc21. The van der Waals surface area contributed by atoms with Gasteiger partial charge in [-0.1, -0.05) is 56.8 Å². The first kappa shape index (κ1) is 21.5. The molecule has 29 heavy (non-hydrogen) atoms. The van der Waals surface area contributed by atoms with E-state index in [0.29, 0.717) is 22.2 Å². The van der Waals surface area contributed by atoms with Crippen molar-refractivity contribution in [1.29, 1.82) is 0 Å². The molecule has 0 atom stereocenters. The molecule has 0 spiro atoms. The Morgan fingerprint density at radius 1 is 1.17 bits per heavy atom. The van der Waals surface area contributed by atoms with E-state index >= 15 is 0 Å². The molecule has 1 aromatic heterocycles. The van der Waals surface area contributed by atoms with Gasteiger partial charge in [0.15, 0.2) is 10.9 Å². The zero-order valence-electron chi connectivity index (χ0n) is 16.8. The fourth-order valence-electron chi connectivity index (χ4n) is 3.08. The maximum Gasteiger partial charge on any atom is 0.238 e. The van der Waals surface area contributed by atoms with Crippen LogP contribution in [0.1, 0.15) is 49.0 Å². The van der Waals surface area contributed by atoms with Gasteiger partial charge in [-0.25, -0.2) is 18.5 Å². The number of aryl methyl sites for hydroxylation is 1. The second kappa shape index (κ2) is 8.69. The number of benzene rings is 2. The number of Topliss-reactive ketones (excluding diaryl/α,β-unsaturated/α-hetero) is 1. The summed E-state index contributed by atoms with van der Waals surface area (Å²) in [5.41, 5.74) is 3.26. The molecule has 154 valence electrons. The quantitative estimate of drug-likeness (QED) is 0.426. The molecule has 8 heteroatoms. The summed E-state index contributed by atoms with van der Waals surface area (Å²) >= 11 is 1.36. The van der Waals surface area contributed by atoms with Crippen LogP contribution < -0.4 is 5.14 Å². The summed E-state index contributed by atoms with van der Waals surface area (Å²) in [6.45, 7) is 7.02. The molecular weight excluding hydrogens is 406 g/mol. The Kier molecular flexibility index (Phi) is 6.45. The molecular formula is C21H25N3O3S2. The molecule has 0 fully saturated rings. The molecule has 0 saturated carbocycles. The van der Waals surface area contributed by atoms with Gasteiger partial charge in [0, 0.05) is 12.1 Å². The van der Waals surface area contributed by atoms with Crippen molar-refractivity contribution in [3.05, 3.63) is 53.6 Å². The average molecular weight is 432 g/mol. The Hall–Kier alpha value is -2.16. The number of nitrogens with two attached hydrogens (primary N) is 1. The molecule has 1 heterocycles. The van der Waals surface area contributed by atoms with Crippen molar-refractivity contribution in [3.63, 3.8) is 0 Å². The van der Waals surface area contributed by atoms with Crippen LogP contribution in [0.25, 0.3) is 11.0 Å². The zero-order chi connectivity index (χ0) is 21.2. The van der Waals surface area contributed by atoms with Crippen LogP contribution in [0.4, 0.5) is 0 Å². The highest BCUT2D eigenvalue weighted by atomic mass is 32.2. The first-order valence-electron chi connectivity index (χ1n) is 9.49. The number of ketones is 1. The summed E-state index contributed by atoms with van der Waals surface area (Å²) in [6, 6.07) is 12.4. The molecule has 2 N–H and O–H groups in total. The van der Waals surface area contributed by atoms with Crippen LogP contribution in [-0.2, 0) is 16.6 Å². The van der Waals surface area contributed by atoms with Gasteiger partial charge in [-0.3, -0.25) is 4.79 Å². The van der Waals surface area contributed by atoms with E-state index in [1.807, 2.05) is 28.8 Å². The summed E-state index contributed by atoms with van der Waals surface area (Å²) in [5, 5.41) is 5.93. The van der Waals surface area contributed by atoms with Gasteiger partial charge >= 0.3 is 0 Å². The number of fused-ring (bicyclic) bond motifs is 1. The number of nitrogens with zero attached hydrogens (tertiary/aromatic N) is 2. The Morgan fingerprint density at radius 2 is 1.86 bits per heavy atom. The highest BCUT2D eigenvalue weighted by molar-refractivity contribution is 7.99. The van der Waals surface area contributed by atoms with Gasteiger partial charge in [0.2, 0.25) is 10.0 Å². The van der Waals surface area contributed by atoms with Gasteiger partial charge in [-0.2, -0.15) is 0 Å². The Morgan fingerprint density at radius 3 is 2.45 bits per heavy atom. The third-order valence-corrected chi connectivity index (χ3v) is 6.58. The lowest BCUT2D eigenvalue weighted by molar-refractivity contribution is 0.102. The van der Waals surface area contributed by atoms with Crippen molar-refractivity contribution in [1.82, 2.24) is 9.55 Å². The molecule has 0 aliphatic heterocycles. The van der Waals surface area contributed by atoms with Crippen LogP contribution in [0.5, 0.6) is 0 Å². The second-order valence-electron chi connectivity index (χ2n) is 7.23. The normalized spacial score (nSPS) is 12.0. The minimum absolute atomic E-state index is 0.0315. The van der Waals surface area contributed by atoms with Gasteiger partial charge < -0.3 is 4.57 Å². The Labute approximate surface area is 175 Å². The number of carbonyl (C=O) groups is 1. The summed E-state index contributed by atoms with van der Waals surface area (Å²) in [5.74, 6) is 0.714. The molecule has 3 aromatic rings. The highest BCUT2D eigenvalue weighted by Gasteiger charge is 2.16. The molecule has 3 rings (SSSR count). The number of carbonyl (C=O) groups excluding carboxylic acids is 1. The third-order valence-electron chi connectivity index (χ3n) is 4.69. The number of primary sulfonamides is 1. The molecule has 0 unspecified atom stereocenters. The van der Waals surface area contributed by atoms with Gasteiger partial charge in [-0.15, -0.1) is 0 Å². The molecule has 0 amide bonds. The summed E-state index contributed by atoms with van der Waals surface area (Å²) in [7, 11) is -3.79. The number of aromatic nitrogens is 2. The van der Waals surface area contributed by atoms with Crippen molar-refractivity contribution in [2.75, 3.05) is 5.75 Å². The van der Waals surface area contributed by atoms with E-state index in [1.165, 1.54) is 29.5 Å². The monoisotopic (exact) mass is 431 g/mol. The van der Waals surface area contributed by atoms with E-state index in [9.17, 15) is 13.2 Å². The van der Waals surface area contributed by atoms with Crippen LogP contribution in [0.15, 0.2) is 52.5 Å². The molecule has 0 aliphatic rings. The summed E-state index contributed by atoms with van der Waals surface area (Å²) in [4.78, 5) is 17.2. The largest absolute Gasteiger partial charge is 0.319 e. The lowest BCUT2D eigenvalue weighted by Gasteiger charge is -2.08. The van der Waals surface area contributed by atoms with E-state index < -0.39 is 10.0 Å². The van der Waals surface area contributed by atoms with E-state index in [4.69, 9.17) is 5.14 Å². The number of hydrogen-bond acceptors (Lipinski definition) is 5. The maximum absolute atomic E-state index is 12.6. The maximum atomic E-state index is 12.6. The molecule has 0 saturated heterocycles. The lowest BCUT2D eigenvalue weighted by atomic mass is 10.0. The summed E-state index contributed by atoms with van der Waals surface area (Å²) < 4.78 is 25.3. The van der Waals surface area contributed by atoms with Crippen LogP contribution in [0.3, 0.4) is 0 Å². The standard InChI is InChI=1S/C21H25N3O3S2/c1-4-11-24-19-10-9-17(29(22,26)27)12-18(19)23-21(24)28-13-20(25)16-7-5-15(6-8-16)14(2)3/h5-10,12,14H,4,11,13H2,1-3H3,(H2,22,26,27). The molecule has 2 aromatic carbocycles. The van der Waals surface area contributed by atoms with Crippen LogP contribution in [0, 0.1) is 0 Å². The number of imidazole rings is 1. The predicted octanol–water partition coefficient (Wildman–Crippen LogP) is 4.19. The van der Waals surface area contributed by atoms with Crippen molar-refractivity contribution in [2.24, 2.45) is 5.14 Å². The molecule has 0 bridgehead atoms. The van der Waals surface area contributed by atoms with Gasteiger partial charge in [0.05, 0.1) is 21.7 Å². The fraction of sp³-hybridized carbons (Fsp3) is 0.333. The minimum Gasteiger partial charge on any atom is -0.319 e. The van der Waals surface area contributed by atoms with Crippen LogP contribution in [0.2, 0.25) is 0 Å². The zero-order valence-corrected chi connectivity index (χ0v) is 18.4. The van der Waals surface area contributed by atoms with Crippen LogP contribution in [-0.4, -0.2) is 29.5 Å². The van der Waals surface area contributed by atoms with E-state index in [-0.39, 0.29) is 16.4 Å². The fourth-order valence-corrected chi connectivity index (χ4v) is 4.55. The average Bonchev–Trinajstić information content (AvgIpc) is 3.02. The van der Waals surface area contributed by atoms with Gasteiger partial charge in [0.1, 0.15) is 0 Å². The smallest absolute Gasteiger partial charge is 0.238 e. The van der Waals surface area contributed by atoms with Crippen molar-refractivity contribution in [3.8, 4) is 0 Å². The number of rotatable bonds is 8. The second-order valence-corrected chi connectivity index (χ2v) is 9.73. The third kappa shape index (κ3) is 4.88. The van der Waals surface area contributed by atoms with Crippen molar-refractivity contribution in [2.45, 2.75) is 49.7 Å². The van der Waals surface area contributed by atoms with Crippen LogP contribution >= 0.6 is 11.8 Å². The molecule has 6 nitrogen and oxygen atoms in total. The lowest BCUT2D eigenvalue weighted by Crippen LogP contribution is -2.11. The van der Waals surface area contributed by atoms with Crippen molar-refractivity contribution >= 4 is 38.6 Å². The van der Waals surface area contributed by atoms with E-state index in [2.05, 4.69) is 25.8 Å². The topological polar surface area (TPSA) is 95.0 Å². The summed E-state index contributed by atoms with van der Waals surface area (Å²) in [6.07, 6.45) is 0.889.